The van der Waals surface area contributed by atoms with E-state index in [0.717, 1.165) is 12.1 Å². The number of rotatable bonds is 2. The van der Waals surface area contributed by atoms with Crippen molar-refractivity contribution in [2.75, 3.05) is 11.1 Å². The fraction of sp³-hybridized carbons (Fsp3) is 0. The third-order valence-corrected chi connectivity index (χ3v) is 3.47. The van der Waals surface area contributed by atoms with Crippen molar-refractivity contribution < 1.29 is 13.6 Å². The molecule has 7 heteroatoms. The number of nitrogen functional groups attached to an aromatic ring is 1. The number of anilines is 2. The lowest BCUT2D eigenvalue weighted by Crippen LogP contribution is -2.13. The molecule has 0 aromatic heterocycles. The molecule has 0 aliphatic carbocycles. The van der Waals surface area contributed by atoms with Crippen LogP contribution in [0.4, 0.5) is 20.2 Å². The Morgan fingerprint density at radius 1 is 1.20 bits per heavy atom. The molecular formula is C13H8BrClF2N2O. The molecule has 3 nitrogen and oxygen atoms in total. The number of halogens is 4. The minimum absolute atomic E-state index is 0.0243. The minimum atomic E-state index is -0.756. The van der Waals surface area contributed by atoms with Gasteiger partial charge >= 0.3 is 0 Å². The maximum atomic E-state index is 13.6. The average molecular weight is 362 g/mol. The number of nitrogens with two attached hydrogens (primary N) is 1. The second kappa shape index (κ2) is 5.76. The van der Waals surface area contributed by atoms with E-state index in [0.29, 0.717) is 5.02 Å². The fourth-order valence-corrected chi connectivity index (χ4v) is 1.93. The van der Waals surface area contributed by atoms with E-state index in [-0.39, 0.29) is 21.4 Å². The summed E-state index contributed by atoms with van der Waals surface area (Å²) in [6, 6.07) is 6.05. The molecule has 0 bridgehead atoms. The Kier molecular flexibility index (Phi) is 4.25. The van der Waals surface area contributed by atoms with Crippen LogP contribution in [0.1, 0.15) is 10.4 Å². The van der Waals surface area contributed by atoms with Gasteiger partial charge in [-0.2, -0.15) is 0 Å². The zero-order valence-corrected chi connectivity index (χ0v) is 12.2. The maximum absolute atomic E-state index is 13.6. The lowest BCUT2D eigenvalue weighted by molar-refractivity contribution is 0.102. The topological polar surface area (TPSA) is 55.1 Å². The molecular weight excluding hydrogens is 354 g/mol. The number of benzene rings is 2. The predicted molar refractivity (Wildman–Crippen MR) is 77.9 cm³/mol. The van der Waals surface area contributed by atoms with Gasteiger partial charge in [0.2, 0.25) is 0 Å². The highest BCUT2D eigenvalue weighted by Gasteiger charge is 2.13. The number of hydrogen-bond acceptors (Lipinski definition) is 2. The lowest BCUT2D eigenvalue weighted by Gasteiger charge is -2.08. The summed E-state index contributed by atoms with van der Waals surface area (Å²) in [7, 11) is 0. The molecule has 3 N–H and O–H groups in total. The molecule has 0 fully saturated rings. The summed E-state index contributed by atoms with van der Waals surface area (Å²) in [5.74, 6) is -2.06. The van der Waals surface area contributed by atoms with Gasteiger partial charge in [0.15, 0.2) is 0 Å². The van der Waals surface area contributed by atoms with Gasteiger partial charge in [0.25, 0.3) is 5.91 Å². The first kappa shape index (κ1) is 14.7. The highest BCUT2D eigenvalue weighted by molar-refractivity contribution is 9.10. The van der Waals surface area contributed by atoms with E-state index >= 15 is 0 Å². The predicted octanol–water partition coefficient (Wildman–Crippen LogP) is 4.22. The summed E-state index contributed by atoms with van der Waals surface area (Å²) in [5.41, 5.74) is 5.73. The zero-order chi connectivity index (χ0) is 14.9. The van der Waals surface area contributed by atoms with Crippen LogP contribution in [0.25, 0.3) is 0 Å². The molecule has 0 heterocycles. The van der Waals surface area contributed by atoms with Crippen LogP contribution in [0.3, 0.4) is 0 Å². The Bertz CT molecular complexity index is 694. The van der Waals surface area contributed by atoms with Gasteiger partial charge in [-0.3, -0.25) is 4.79 Å². The summed E-state index contributed by atoms with van der Waals surface area (Å²) < 4.78 is 26.9. The molecule has 0 radical (unpaired) electrons. The van der Waals surface area contributed by atoms with Crippen molar-refractivity contribution in [2.45, 2.75) is 0 Å². The molecule has 104 valence electrons. The van der Waals surface area contributed by atoms with Crippen LogP contribution in [0, 0.1) is 11.6 Å². The molecule has 20 heavy (non-hydrogen) atoms. The maximum Gasteiger partial charge on any atom is 0.255 e. The second-order valence-electron chi connectivity index (χ2n) is 3.94. The summed E-state index contributed by atoms with van der Waals surface area (Å²) in [4.78, 5) is 11.9. The third-order valence-electron chi connectivity index (χ3n) is 2.52. The molecule has 0 atom stereocenters. The molecule has 0 unspecified atom stereocenters. The second-order valence-corrected chi connectivity index (χ2v) is 5.20. The van der Waals surface area contributed by atoms with E-state index in [9.17, 15) is 13.6 Å². The van der Waals surface area contributed by atoms with Crippen LogP contribution in [0.15, 0.2) is 34.8 Å². The normalized spacial score (nSPS) is 10.4. The van der Waals surface area contributed by atoms with Gasteiger partial charge in [-0.25, -0.2) is 8.78 Å². The van der Waals surface area contributed by atoms with Crippen LogP contribution < -0.4 is 11.1 Å². The van der Waals surface area contributed by atoms with E-state index in [1.165, 1.54) is 18.2 Å². The van der Waals surface area contributed by atoms with Crippen molar-refractivity contribution in [2.24, 2.45) is 0 Å². The average Bonchev–Trinajstić information content (AvgIpc) is 2.39. The van der Waals surface area contributed by atoms with Crippen molar-refractivity contribution in [3.8, 4) is 0 Å². The molecule has 2 aromatic carbocycles. The van der Waals surface area contributed by atoms with E-state index in [2.05, 4.69) is 21.2 Å². The first-order chi connectivity index (χ1) is 9.38. The van der Waals surface area contributed by atoms with Crippen molar-refractivity contribution in [1.29, 1.82) is 0 Å². The number of carbonyl (C=O) groups is 1. The summed E-state index contributed by atoms with van der Waals surface area (Å²) in [6.45, 7) is 0. The summed E-state index contributed by atoms with van der Waals surface area (Å²) in [6.07, 6.45) is 0. The van der Waals surface area contributed by atoms with Crippen LogP contribution in [-0.2, 0) is 0 Å². The minimum Gasteiger partial charge on any atom is -0.398 e. The van der Waals surface area contributed by atoms with E-state index in [1.54, 1.807) is 0 Å². The smallest absolute Gasteiger partial charge is 0.255 e. The SMILES string of the molecule is Nc1cc(C(=O)Nc2cc(F)c(Br)cc2F)ccc1Cl. The van der Waals surface area contributed by atoms with Gasteiger partial charge in [-0.15, -0.1) is 0 Å². The first-order valence-corrected chi connectivity index (χ1v) is 6.56. The number of hydrogen-bond donors (Lipinski definition) is 2. The van der Waals surface area contributed by atoms with Gasteiger partial charge in [-0.05, 0) is 40.2 Å². The summed E-state index contributed by atoms with van der Waals surface area (Å²) in [5, 5.41) is 2.58. The molecule has 2 rings (SSSR count). The first-order valence-electron chi connectivity index (χ1n) is 5.39. The molecule has 0 saturated heterocycles. The highest BCUT2D eigenvalue weighted by atomic mass is 79.9. The van der Waals surface area contributed by atoms with Gasteiger partial charge in [0, 0.05) is 11.6 Å². The molecule has 0 saturated carbocycles. The molecule has 1 amide bonds. The van der Waals surface area contributed by atoms with E-state index in [1.807, 2.05) is 0 Å². The highest BCUT2D eigenvalue weighted by Crippen LogP contribution is 2.24. The van der Waals surface area contributed by atoms with Crippen molar-refractivity contribution in [3.05, 3.63) is 57.0 Å². The number of nitrogens with one attached hydrogen (secondary N) is 1. The van der Waals surface area contributed by atoms with Crippen molar-refractivity contribution in [1.82, 2.24) is 0 Å². The van der Waals surface area contributed by atoms with Gasteiger partial charge in [0.05, 0.1) is 20.9 Å². The van der Waals surface area contributed by atoms with Crippen molar-refractivity contribution in [3.63, 3.8) is 0 Å². The van der Waals surface area contributed by atoms with E-state index < -0.39 is 17.5 Å². The quantitative estimate of drug-likeness (QED) is 0.622. The molecule has 0 aliphatic rings. The largest absolute Gasteiger partial charge is 0.398 e. The van der Waals surface area contributed by atoms with Crippen LogP contribution in [0.5, 0.6) is 0 Å². The monoisotopic (exact) mass is 360 g/mol. The van der Waals surface area contributed by atoms with Crippen LogP contribution >= 0.6 is 27.5 Å². The van der Waals surface area contributed by atoms with Crippen LogP contribution in [-0.4, -0.2) is 5.91 Å². The van der Waals surface area contributed by atoms with Crippen molar-refractivity contribution >= 4 is 44.8 Å². The van der Waals surface area contributed by atoms with Crippen LogP contribution in [0.2, 0.25) is 5.02 Å². The summed E-state index contributed by atoms with van der Waals surface area (Å²) >= 11 is 8.59. The van der Waals surface area contributed by atoms with E-state index in [4.69, 9.17) is 17.3 Å². The lowest BCUT2D eigenvalue weighted by atomic mass is 10.2. The van der Waals surface area contributed by atoms with Gasteiger partial charge < -0.3 is 11.1 Å². The fourth-order valence-electron chi connectivity index (χ4n) is 1.50. The standard InChI is InChI=1S/C13H8BrClF2N2O/c14-7-4-10(17)12(5-9(7)16)19-13(20)6-1-2-8(15)11(18)3-6/h1-5H,18H2,(H,19,20). The molecule has 0 aliphatic heterocycles. The Morgan fingerprint density at radius 3 is 2.55 bits per heavy atom. The Labute approximate surface area is 126 Å². The Balaban J connectivity index is 2.27. The third kappa shape index (κ3) is 3.08. The molecule has 2 aromatic rings. The number of carbonyl (C=O) groups excluding carboxylic acids is 1. The number of amides is 1. The molecule has 0 spiro atoms. The Hall–Kier alpha value is -1.66. The zero-order valence-electron chi connectivity index (χ0n) is 9.88. The Morgan fingerprint density at radius 2 is 1.90 bits per heavy atom. The van der Waals surface area contributed by atoms with Gasteiger partial charge in [-0.1, -0.05) is 11.6 Å². The van der Waals surface area contributed by atoms with Gasteiger partial charge in [0.1, 0.15) is 11.6 Å².